The molecule has 0 aliphatic rings. The van der Waals surface area contributed by atoms with Gasteiger partial charge < -0.3 is 10.1 Å². The molecule has 3 rings (SSSR count). The highest BCUT2D eigenvalue weighted by Gasteiger charge is 2.28. The molecule has 0 spiro atoms. The van der Waals surface area contributed by atoms with Crippen molar-refractivity contribution >= 4 is 27.4 Å². The molecule has 9 heteroatoms. The first kappa shape index (κ1) is 22.4. The summed E-state index contributed by atoms with van der Waals surface area (Å²) in [5, 5.41) is 6.87. The van der Waals surface area contributed by atoms with Crippen molar-refractivity contribution < 1.29 is 17.9 Å². The van der Waals surface area contributed by atoms with Gasteiger partial charge in [0, 0.05) is 19.8 Å². The van der Waals surface area contributed by atoms with Crippen LogP contribution in [-0.2, 0) is 17.1 Å². The largest absolute Gasteiger partial charge is 0.491 e. The Balaban J connectivity index is 1.86. The summed E-state index contributed by atoms with van der Waals surface area (Å²) < 4.78 is 34.2. The van der Waals surface area contributed by atoms with Crippen LogP contribution in [0.15, 0.2) is 59.6 Å². The number of ether oxygens (including phenoxy) is 1. The first-order chi connectivity index (χ1) is 14.6. The third kappa shape index (κ3) is 4.88. The zero-order valence-electron chi connectivity index (χ0n) is 18.2. The van der Waals surface area contributed by atoms with Crippen molar-refractivity contribution in [3.05, 3.63) is 65.9 Å². The van der Waals surface area contributed by atoms with Crippen LogP contribution in [0.1, 0.15) is 29.8 Å². The second kappa shape index (κ2) is 8.81. The van der Waals surface area contributed by atoms with Crippen LogP contribution >= 0.6 is 0 Å². The summed E-state index contributed by atoms with van der Waals surface area (Å²) in [6, 6.07) is 13.5. The van der Waals surface area contributed by atoms with Gasteiger partial charge in [0.2, 0.25) is 0 Å². The summed E-state index contributed by atoms with van der Waals surface area (Å²) in [6.45, 7) is 5.74. The Bertz CT molecular complexity index is 1170. The fraction of sp³-hybridized carbons (Fsp3) is 0.273. The Morgan fingerprint density at radius 3 is 2.29 bits per heavy atom. The predicted molar refractivity (Wildman–Crippen MR) is 120 cm³/mol. The van der Waals surface area contributed by atoms with Crippen LogP contribution in [0.5, 0.6) is 5.75 Å². The summed E-state index contributed by atoms with van der Waals surface area (Å²) in [7, 11) is -0.879. The van der Waals surface area contributed by atoms with Crippen molar-refractivity contribution in [2.24, 2.45) is 7.05 Å². The van der Waals surface area contributed by atoms with E-state index in [4.69, 9.17) is 4.74 Å². The molecule has 1 N–H and O–H groups in total. The maximum absolute atomic E-state index is 13.1. The van der Waals surface area contributed by atoms with Crippen LogP contribution in [0, 0.1) is 6.92 Å². The van der Waals surface area contributed by atoms with Gasteiger partial charge in [-0.1, -0.05) is 17.7 Å². The van der Waals surface area contributed by atoms with Crippen LogP contribution < -0.4 is 14.4 Å². The van der Waals surface area contributed by atoms with E-state index in [1.807, 2.05) is 20.8 Å². The molecule has 0 fully saturated rings. The third-order valence-corrected chi connectivity index (χ3v) is 6.38. The lowest BCUT2D eigenvalue weighted by atomic mass is 10.2. The van der Waals surface area contributed by atoms with Crippen molar-refractivity contribution in [2.75, 3.05) is 16.7 Å². The number of carbonyl (C=O) groups excluding carboxylic acids is 1. The smallest absolute Gasteiger partial charge is 0.265 e. The molecule has 0 aliphatic carbocycles. The third-order valence-electron chi connectivity index (χ3n) is 4.61. The zero-order valence-corrected chi connectivity index (χ0v) is 19.0. The van der Waals surface area contributed by atoms with Gasteiger partial charge in [-0.3, -0.25) is 13.8 Å². The highest BCUT2D eigenvalue weighted by molar-refractivity contribution is 7.92. The van der Waals surface area contributed by atoms with Gasteiger partial charge in [-0.05, 0) is 57.2 Å². The van der Waals surface area contributed by atoms with Crippen LogP contribution in [-0.4, -0.2) is 37.3 Å². The van der Waals surface area contributed by atoms with Gasteiger partial charge in [-0.2, -0.15) is 5.10 Å². The van der Waals surface area contributed by atoms with Gasteiger partial charge in [0.15, 0.2) is 5.82 Å². The van der Waals surface area contributed by atoms with Crippen molar-refractivity contribution in [1.82, 2.24) is 9.78 Å². The molecule has 31 heavy (non-hydrogen) atoms. The maximum atomic E-state index is 13.1. The lowest BCUT2D eigenvalue weighted by Crippen LogP contribution is -2.30. The molecule has 0 saturated carbocycles. The second-order valence-corrected chi connectivity index (χ2v) is 9.41. The van der Waals surface area contributed by atoms with Crippen molar-refractivity contribution in [1.29, 1.82) is 0 Å². The summed E-state index contributed by atoms with van der Waals surface area (Å²) in [5.41, 5.74) is 1.65. The van der Waals surface area contributed by atoms with Gasteiger partial charge in [0.25, 0.3) is 15.9 Å². The van der Waals surface area contributed by atoms with Gasteiger partial charge in [-0.15, -0.1) is 0 Å². The quantitative estimate of drug-likeness (QED) is 0.604. The lowest BCUT2D eigenvalue weighted by molar-refractivity contribution is 0.102. The number of nitrogens with zero attached hydrogens (tertiary/aromatic N) is 3. The zero-order chi connectivity index (χ0) is 22.8. The average molecular weight is 443 g/mol. The van der Waals surface area contributed by atoms with E-state index in [0.29, 0.717) is 11.4 Å². The lowest BCUT2D eigenvalue weighted by Gasteiger charge is -2.21. The number of amides is 1. The molecule has 0 atom stereocenters. The van der Waals surface area contributed by atoms with E-state index in [-0.39, 0.29) is 22.4 Å². The minimum Gasteiger partial charge on any atom is -0.491 e. The fourth-order valence-corrected chi connectivity index (χ4v) is 4.27. The van der Waals surface area contributed by atoms with Crippen LogP contribution in [0.3, 0.4) is 0 Å². The molecular formula is C22H26N4O4S. The van der Waals surface area contributed by atoms with Gasteiger partial charge in [0.1, 0.15) is 11.3 Å². The summed E-state index contributed by atoms with van der Waals surface area (Å²) in [5.74, 6) is 0.392. The number of aromatic nitrogens is 2. The second-order valence-electron chi connectivity index (χ2n) is 7.44. The SMILES string of the molecule is Cc1ccc(S(=O)(=O)N(C)c2c(C(=O)Nc3ccc(OC(C)C)cc3)cnn2C)cc1. The van der Waals surface area contributed by atoms with Crippen molar-refractivity contribution in [3.63, 3.8) is 0 Å². The number of anilines is 2. The van der Waals surface area contributed by atoms with Gasteiger partial charge >= 0.3 is 0 Å². The summed E-state index contributed by atoms with van der Waals surface area (Å²) in [6.07, 6.45) is 1.40. The number of benzene rings is 2. The van der Waals surface area contributed by atoms with Crippen LogP contribution in [0.25, 0.3) is 0 Å². The molecule has 1 heterocycles. The molecule has 0 radical (unpaired) electrons. The maximum Gasteiger partial charge on any atom is 0.265 e. The predicted octanol–water partition coefficient (Wildman–Crippen LogP) is 3.59. The Labute approximate surface area is 182 Å². The molecular weight excluding hydrogens is 416 g/mol. The van der Waals surface area contributed by atoms with Crippen LogP contribution in [0.2, 0.25) is 0 Å². The normalized spacial score (nSPS) is 11.4. The Hall–Kier alpha value is -3.33. The van der Waals surface area contributed by atoms with E-state index >= 15 is 0 Å². The fourth-order valence-electron chi connectivity index (χ4n) is 3.03. The monoisotopic (exact) mass is 442 g/mol. The molecule has 3 aromatic rings. The van der Waals surface area contributed by atoms with Crippen LogP contribution in [0.4, 0.5) is 11.5 Å². The van der Waals surface area contributed by atoms with E-state index in [1.165, 1.54) is 30.1 Å². The first-order valence-corrected chi connectivity index (χ1v) is 11.2. The molecule has 1 aromatic heterocycles. The van der Waals surface area contributed by atoms with E-state index < -0.39 is 15.9 Å². The van der Waals surface area contributed by atoms with E-state index in [9.17, 15) is 13.2 Å². The minimum absolute atomic E-state index is 0.0457. The number of rotatable bonds is 7. The molecule has 0 unspecified atom stereocenters. The minimum atomic E-state index is -3.87. The molecule has 0 saturated heterocycles. The molecule has 2 aromatic carbocycles. The summed E-state index contributed by atoms with van der Waals surface area (Å²) in [4.78, 5) is 13.0. The molecule has 8 nitrogen and oxygen atoms in total. The molecule has 164 valence electrons. The van der Waals surface area contributed by atoms with Gasteiger partial charge in [0.05, 0.1) is 17.2 Å². The van der Waals surface area contributed by atoms with Crippen molar-refractivity contribution in [3.8, 4) is 5.75 Å². The number of sulfonamides is 1. The molecule has 1 amide bonds. The number of aryl methyl sites for hydroxylation is 2. The molecule has 0 bridgehead atoms. The van der Waals surface area contributed by atoms with E-state index in [0.717, 1.165) is 9.87 Å². The number of carbonyl (C=O) groups is 1. The number of hydrogen-bond acceptors (Lipinski definition) is 5. The number of hydrogen-bond donors (Lipinski definition) is 1. The summed E-state index contributed by atoms with van der Waals surface area (Å²) >= 11 is 0. The Morgan fingerprint density at radius 1 is 1.10 bits per heavy atom. The van der Waals surface area contributed by atoms with E-state index in [2.05, 4.69) is 10.4 Å². The first-order valence-electron chi connectivity index (χ1n) is 9.75. The molecule has 0 aliphatic heterocycles. The Kier molecular flexibility index (Phi) is 6.35. The van der Waals surface area contributed by atoms with E-state index in [1.54, 1.807) is 43.4 Å². The Morgan fingerprint density at radius 2 is 1.71 bits per heavy atom. The average Bonchev–Trinajstić information content (AvgIpc) is 3.10. The topological polar surface area (TPSA) is 93.5 Å². The van der Waals surface area contributed by atoms with Gasteiger partial charge in [-0.25, -0.2) is 8.42 Å². The number of nitrogens with one attached hydrogen (secondary N) is 1. The van der Waals surface area contributed by atoms with Crippen molar-refractivity contribution in [2.45, 2.75) is 31.8 Å². The highest BCUT2D eigenvalue weighted by Crippen LogP contribution is 2.26. The highest BCUT2D eigenvalue weighted by atomic mass is 32.2. The standard InChI is InChI=1S/C22H26N4O4S/c1-15(2)30-18-10-8-17(9-11-18)24-21(27)20-14-23-25(4)22(20)26(5)31(28,29)19-12-6-16(3)7-13-19/h6-15H,1-5H3,(H,24,27).